The Bertz CT molecular complexity index is 510. The molecule has 0 saturated heterocycles. The highest BCUT2D eigenvalue weighted by Gasteiger charge is 2.18. The van der Waals surface area contributed by atoms with Crippen LogP contribution in [0.4, 0.5) is 0 Å². The van der Waals surface area contributed by atoms with Gasteiger partial charge in [0, 0.05) is 0 Å². The standard InChI is InChI=1S/C11H9ClOS2/c1-6-3-4-14-10(6)9(13)11-8(12)7(2)5-15-11/h3-5H,1-2H3. The third-order valence-electron chi connectivity index (χ3n) is 2.17. The lowest BCUT2D eigenvalue weighted by Gasteiger charge is -1.97. The number of rotatable bonds is 2. The second-order valence-corrected chi connectivity index (χ2v) is 5.50. The van der Waals surface area contributed by atoms with Crippen LogP contribution in [0.2, 0.25) is 5.02 Å². The van der Waals surface area contributed by atoms with E-state index < -0.39 is 0 Å². The quantitative estimate of drug-likeness (QED) is 0.732. The minimum Gasteiger partial charge on any atom is -0.287 e. The van der Waals surface area contributed by atoms with Crippen LogP contribution in [0, 0.1) is 13.8 Å². The van der Waals surface area contributed by atoms with E-state index in [1.165, 1.54) is 22.7 Å². The van der Waals surface area contributed by atoms with E-state index in [0.29, 0.717) is 9.90 Å². The summed E-state index contributed by atoms with van der Waals surface area (Å²) in [5.74, 6) is 0.0469. The Labute approximate surface area is 101 Å². The maximum Gasteiger partial charge on any atom is 0.214 e. The van der Waals surface area contributed by atoms with E-state index in [4.69, 9.17) is 11.6 Å². The van der Waals surface area contributed by atoms with Crippen molar-refractivity contribution in [3.8, 4) is 0 Å². The molecule has 0 aliphatic heterocycles. The molecule has 0 aliphatic rings. The van der Waals surface area contributed by atoms with Gasteiger partial charge in [0.2, 0.25) is 5.78 Å². The van der Waals surface area contributed by atoms with Gasteiger partial charge < -0.3 is 0 Å². The fourth-order valence-corrected chi connectivity index (χ4v) is 3.45. The third-order valence-corrected chi connectivity index (χ3v) is 4.88. The Morgan fingerprint density at radius 1 is 1.20 bits per heavy atom. The smallest absolute Gasteiger partial charge is 0.214 e. The summed E-state index contributed by atoms with van der Waals surface area (Å²) in [4.78, 5) is 13.5. The summed E-state index contributed by atoms with van der Waals surface area (Å²) in [5.41, 5.74) is 1.99. The topological polar surface area (TPSA) is 17.1 Å². The van der Waals surface area contributed by atoms with E-state index in [1.54, 1.807) is 0 Å². The van der Waals surface area contributed by atoms with Crippen LogP contribution in [0.5, 0.6) is 0 Å². The first-order chi connectivity index (χ1) is 7.11. The van der Waals surface area contributed by atoms with Gasteiger partial charge in [0.1, 0.15) is 0 Å². The van der Waals surface area contributed by atoms with Gasteiger partial charge in [-0.2, -0.15) is 0 Å². The van der Waals surface area contributed by atoms with Crippen molar-refractivity contribution in [2.75, 3.05) is 0 Å². The molecular weight excluding hydrogens is 248 g/mol. The largest absolute Gasteiger partial charge is 0.287 e. The third kappa shape index (κ3) is 1.87. The van der Waals surface area contributed by atoms with E-state index in [-0.39, 0.29) is 5.78 Å². The number of ketones is 1. The molecule has 0 spiro atoms. The molecule has 0 aliphatic carbocycles. The number of thiophene rings is 2. The van der Waals surface area contributed by atoms with Crippen LogP contribution in [-0.2, 0) is 0 Å². The lowest BCUT2D eigenvalue weighted by Crippen LogP contribution is -1.98. The van der Waals surface area contributed by atoms with E-state index in [2.05, 4.69) is 0 Å². The number of carbonyl (C=O) groups is 1. The highest BCUT2D eigenvalue weighted by molar-refractivity contribution is 7.16. The van der Waals surface area contributed by atoms with E-state index in [0.717, 1.165) is 16.0 Å². The zero-order valence-corrected chi connectivity index (χ0v) is 10.7. The molecular formula is C11H9ClOS2. The normalized spacial score (nSPS) is 10.6. The first-order valence-corrected chi connectivity index (χ1v) is 6.57. The van der Waals surface area contributed by atoms with Crippen LogP contribution in [0.25, 0.3) is 0 Å². The summed E-state index contributed by atoms with van der Waals surface area (Å²) in [6.45, 7) is 3.86. The van der Waals surface area contributed by atoms with Gasteiger partial charge in [-0.1, -0.05) is 11.6 Å². The lowest BCUT2D eigenvalue weighted by atomic mass is 10.2. The van der Waals surface area contributed by atoms with Crippen molar-refractivity contribution in [2.24, 2.45) is 0 Å². The monoisotopic (exact) mass is 256 g/mol. The highest BCUT2D eigenvalue weighted by Crippen LogP contribution is 2.31. The molecule has 0 N–H and O–H groups in total. The van der Waals surface area contributed by atoms with Crippen LogP contribution in [0.3, 0.4) is 0 Å². The average molecular weight is 257 g/mol. The van der Waals surface area contributed by atoms with Crippen LogP contribution in [0.15, 0.2) is 16.8 Å². The predicted octanol–water partition coefficient (Wildman–Crippen LogP) is 4.31. The summed E-state index contributed by atoms with van der Waals surface area (Å²) < 4.78 is 0. The van der Waals surface area contributed by atoms with Crippen LogP contribution >= 0.6 is 34.3 Å². The Balaban J connectivity index is 2.46. The molecule has 1 nitrogen and oxygen atoms in total. The van der Waals surface area contributed by atoms with E-state index >= 15 is 0 Å². The van der Waals surface area contributed by atoms with Crippen molar-refractivity contribution in [1.82, 2.24) is 0 Å². The maximum atomic E-state index is 12.1. The number of hydrogen-bond donors (Lipinski definition) is 0. The molecule has 0 unspecified atom stereocenters. The molecule has 0 fully saturated rings. The van der Waals surface area contributed by atoms with E-state index in [1.807, 2.05) is 30.7 Å². The number of aryl methyl sites for hydroxylation is 2. The van der Waals surface area contributed by atoms with Gasteiger partial charge in [0.25, 0.3) is 0 Å². The van der Waals surface area contributed by atoms with Crippen molar-refractivity contribution >= 4 is 40.1 Å². The van der Waals surface area contributed by atoms with Gasteiger partial charge in [0.05, 0.1) is 14.8 Å². The summed E-state index contributed by atoms with van der Waals surface area (Å²) in [6.07, 6.45) is 0. The Morgan fingerprint density at radius 3 is 2.40 bits per heavy atom. The molecule has 4 heteroatoms. The molecule has 2 rings (SSSR count). The van der Waals surface area contributed by atoms with Crippen LogP contribution in [0.1, 0.15) is 25.7 Å². The fraction of sp³-hybridized carbons (Fsp3) is 0.182. The van der Waals surface area contributed by atoms with Crippen molar-refractivity contribution < 1.29 is 4.79 Å². The zero-order chi connectivity index (χ0) is 11.0. The lowest BCUT2D eigenvalue weighted by molar-refractivity contribution is 0.104. The molecule has 2 heterocycles. The Morgan fingerprint density at radius 2 is 1.93 bits per heavy atom. The highest BCUT2D eigenvalue weighted by atomic mass is 35.5. The molecule has 0 aromatic carbocycles. The molecule has 2 aromatic rings. The molecule has 0 radical (unpaired) electrons. The van der Waals surface area contributed by atoms with Gasteiger partial charge in [-0.3, -0.25) is 4.79 Å². The van der Waals surface area contributed by atoms with Crippen molar-refractivity contribution in [3.63, 3.8) is 0 Å². The number of carbonyl (C=O) groups excluding carboxylic acids is 1. The van der Waals surface area contributed by atoms with Gasteiger partial charge >= 0.3 is 0 Å². The molecule has 15 heavy (non-hydrogen) atoms. The average Bonchev–Trinajstić information content (AvgIpc) is 2.75. The second-order valence-electron chi connectivity index (χ2n) is 3.32. The summed E-state index contributed by atoms with van der Waals surface area (Å²) in [7, 11) is 0. The summed E-state index contributed by atoms with van der Waals surface area (Å²) in [5, 5.41) is 4.44. The van der Waals surface area contributed by atoms with Gasteiger partial charge in [0.15, 0.2) is 0 Å². The molecule has 2 aromatic heterocycles. The number of hydrogen-bond acceptors (Lipinski definition) is 3. The minimum atomic E-state index is 0.0469. The van der Waals surface area contributed by atoms with E-state index in [9.17, 15) is 4.79 Å². The minimum absolute atomic E-state index is 0.0469. The molecule has 0 saturated carbocycles. The van der Waals surface area contributed by atoms with Gasteiger partial charge in [-0.15, -0.1) is 22.7 Å². The van der Waals surface area contributed by atoms with Crippen LogP contribution < -0.4 is 0 Å². The summed E-state index contributed by atoms with van der Waals surface area (Å²) >= 11 is 8.95. The number of halogens is 1. The van der Waals surface area contributed by atoms with Crippen LogP contribution in [-0.4, -0.2) is 5.78 Å². The molecule has 0 atom stereocenters. The second kappa shape index (κ2) is 4.08. The SMILES string of the molecule is Cc1ccsc1C(=O)c1scc(C)c1Cl. The Kier molecular flexibility index (Phi) is 2.96. The Hall–Kier alpha value is -0.640. The van der Waals surface area contributed by atoms with Gasteiger partial charge in [-0.25, -0.2) is 0 Å². The predicted molar refractivity (Wildman–Crippen MR) is 66.6 cm³/mol. The van der Waals surface area contributed by atoms with Crippen molar-refractivity contribution in [2.45, 2.75) is 13.8 Å². The molecule has 0 amide bonds. The zero-order valence-electron chi connectivity index (χ0n) is 8.33. The van der Waals surface area contributed by atoms with Crippen molar-refractivity contribution in [1.29, 1.82) is 0 Å². The first kappa shape index (κ1) is 10.9. The summed E-state index contributed by atoms with van der Waals surface area (Å²) in [6, 6.07) is 1.95. The maximum absolute atomic E-state index is 12.1. The molecule has 0 bridgehead atoms. The fourth-order valence-electron chi connectivity index (χ4n) is 1.29. The van der Waals surface area contributed by atoms with Gasteiger partial charge in [-0.05, 0) is 41.8 Å². The van der Waals surface area contributed by atoms with Crippen molar-refractivity contribution in [3.05, 3.63) is 42.7 Å². The molecule has 78 valence electrons. The first-order valence-electron chi connectivity index (χ1n) is 4.43.